The maximum absolute atomic E-state index is 13.3. The maximum atomic E-state index is 13.3. The Balaban J connectivity index is 3.03. The number of halogens is 6. The number of rotatable bonds is 1. The van der Waals surface area contributed by atoms with Gasteiger partial charge in [0.25, 0.3) is 0 Å². The molecule has 0 saturated carbocycles. The Morgan fingerprint density at radius 3 is 2.31 bits per heavy atom. The number of benzene rings is 1. The summed E-state index contributed by atoms with van der Waals surface area (Å²) in [5.74, 6) is -3.20. The third-order valence-electron chi connectivity index (χ3n) is 1.50. The molecule has 8 heteroatoms. The third kappa shape index (κ3) is 3.18. The summed E-state index contributed by atoms with van der Waals surface area (Å²) >= 11 is 5.76. The van der Waals surface area contributed by atoms with Crippen LogP contribution >= 0.6 is 31.9 Å². The van der Waals surface area contributed by atoms with Crippen LogP contribution in [-0.2, 0) is 4.79 Å². The van der Waals surface area contributed by atoms with E-state index in [1.54, 1.807) is 0 Å². The number of alkyl halides is 3. The minimum absolute atomic E-state index is 0.0562. The second-order valence-electron chi connectivity index (χ2n) is 2.70. The molecular formula is C8H3Br2F4NO. The van der Waals surface area contributed by atoms with Gasteiger partial charge in [-0.15, -0.1) is 0 Å². The third-order valence-corrected chi connectivity index (χ3v) is 2.53. The molecule has 0 bridgehead atoms. The Hall–Kier alpha value is -0.630. The fraction of sp³-hybridized carbons (Fsp3) is 0.125. The van der Waals surface area contributed by atoms with Crippen molar-refractivity contribution < 1.29 is 22.4 Å². The first kappa shape index (κ1) is 13.4. The van der Waals surface area contributed by atoms with E-state index in [0.29, 0.717) is 4.47 Å². The summed E-state index contributed by atoms with van der Waals surface area (Å²) in [6.45, 7) is 0. The second-order valence-corrected chi connectivity index (χ2v) is 4.47. The van der Waals surface area contributed by atoms with E-state index in [1.165, 1.54) is 11.4 Å². The van der Waals surface area contributed by atoms with Crippen molar-refractivity contribution in [3.05, 3.63) is 26.9 Å². The lowest BCUT2D eigenvalue weighted by atomic mass is 10.3. The lowest BCUT2D eigenvalue weighted by Gasteiger charge is -2.09. The van der Waals surface area contributed by atoms with Crippen LogP contribution in [0.4, 0.5) is 23.2 Å². The quantitative estimate of drug-likeness (QED) is 0.595. The number of amides is 1. The van der Waals surface area contributed by atoms with Gasteiger partial charge in [-0.25, -0.2) is 4.39 Å². The van der Waals surface area contributed by atoms with Gasteiger partial charge < -0.3 is 5.32 Å². The first-order valence-electron chi connectivity index (χ1n) is 3.74. The summed E-state index contributed by atoms with van der Waals surface area (Å²) in [6.07, 6.45) is -5.05. The van der Waals surface area contributed by atoms with Gasteiger partial charge in [-0.3, -0.25) is 4.79 Å². The monoisotopic (exact) mass is 363 g/mol. The van der Waals surface area contributed by atoms with Crippen molar-refractivity contribution in [1.29, 1.82) is 0 Å². The molecule has 1 rings (SSSR count). The molecule has 0 aliphatic carbocycles. The van der Waals surface area contributed by atoms with E-state index in [9.17, 15) is 22.4 Å². The van der Waals surface area contributed by atoms with Gasteiger partial charge in [0, 0.05) is 4.47 Å². The molecule has 0 aliphatic heterocycles. The Labute approximate surface area is 104 Å². The highest BCUT2D eigenvalue weighted by atomic mass is 79.9. The van der Waals surface area contributed by atoms with E-state index in [4.69, 9.17) is 0 Å². The Kier molecular flexibility index (Phi) is 3.95. The van der Waals surface area contributed by atoms with Crippen LogP contribution in [-0.4, -0.2) is 12.1 Å². The smallest absolute Gasteiger partial charge is 0.316 e. The number of hydrogen-bond acceptors (Lipinski definition) is 1. The first-order chi connectivity index (χ1) is 7.21. The Morgan fingerprint density at radius 1 is 1.25 bits per heavy atom. The summed E-state index contributed by atoms with van der Waals surface area (Å²) < 4.78 is 49.3. The maximum Gasteiger partial charge on any atom is 0.471 e. The van der Waals surface area contributed by atoms with Crippen LogP contribution in [0, 0.1) is 5.82 Å². The summed E-state index contributed by atoms with van der Waals surface area (Å²) in [5, 5.41) is 1.43. The number of anilines is 1. The van der Waals surface area contributed by atoms with Crippen molar-refractivity contribution >= 4 is 43.5 Å². The molecule has 0 unspecified atom stereocenters. The van der Waals surface area contributed by atoms with Crippen LogP contribution in [0.2, 0.25) is 0 Å². The molecule has 1 amide bonds. The highest BCUT2D eigenvalue weighted by Gasteiger charge is 2.39. The Bertz CT molecular complexity index is 433. The predicted molar refractivity (Wildman–Crippen MR) is 56.5 cm³/mol. The van der Waals surface area contributed by atoms with E-state index in [2.05, 4.69) is 31.9 Å². The van der Waals surface area contributed by atoms with Gasteiger partial charge in [-0.2, -0.15) is 13.2 Å². The van der Waals surface area contributed by atoms with Gasteiger partial charge in [0.2, 0.25) is 0 Å². The van der Waals surface area contributed by atoms with Crippen LogP contribution in [0.3, 0.4) is 0 Å². The van der Waals surface area contributed by atoms with Gasteiger partial charge in [0.15, 0.2) is 5.82 Å². The van der Waals surface area contributed by atoms with E-state index in [1.807, 2.05) is 0 Å². The predicted octanol–water partition coefficient (Wildman–Crippen LogP) is 3.85. The highest BCUT2D eigenvalue weighted by molar-refractivity contribution is 9.11. The van der Waals surface area contributed by atoms with Gasteiger partial charge in [0.05, 0.1) is 10.2 Å². The largest absolute Gasteiger partial charge is 0.471 e. The molecule has 1 aromatic carbocycles. The summed E-state index contributed by atoms with van der Waals surface area (Å²) in [6, 6.07) is 2.34. The van der Waals surface area contributed by atoms with E-state index in [-0.39, 0.29) is 4.47 Å². The van der Waals surface area contributed by atoms with Crippen LogP contribution in [0.15, 0.2) is 21.1 Å². The molecule has 16 heavy (non-hydrogen) atoms. The molecule has 0 spiro atoms. The zero-order valence-corrected chi connectivity index (χ0v) is 10.5. The average Bonchev–Trinajstić information content (AvgIpc) is 2.11. The van der Waals surface area contributed by atoms with Crippen LogP contribution in [0.1, 0.15) is 0 Å². The van der Waals surface area contributed by atoms with Crippen molar-refractivity contribution in [2.45, 2.75) is 6.18 Å². The van der Waals surface area contributed by atoms with Gasteiger partial charge >= 0.3 is 12.1 Å². The van der Waals surface area contributed by atoms with Crippen LogP contribution in [0.5, 0.6) is 0 Å². The zero-order valence-electron chi connectivity index (χ0n) is 7.33. The van der Waals surface area contributed by atoms with Gasteiger partial charge in [0.1, 0.15) is 0 Å². The molecule has 88 valence electrons. The zero-order chi connectivity index (χ0) is 12.5. The van der Waals surface area contributed by atoms with Gasteiger partial charge in [-0.05, 0) is 28.1 Å². The Morgan fingerprint density at radius 2 is 1.81 bits per heavy atom. The van der Waals surface area contributed by atoms with Crippen LogP contribution in [0.25, 0.3) is 0 Å². The van der Waals surface area contributed by atoms with E-state index < -0.39 is 23.6 Å². The molecule has 1 aromatic rings. The number of nitrogens with one attached hydrogen (secondary N) is 1. The standard InChI is InChI=1S/C8H3Br2F4NO/c9-3-1-4(10)6(11)5(2-3)15-7(16)8(12,13)14/h1-2H,(H,15,16). The first-order valence-corrected chi connectivity index (χ1v) is 5.33. The lowest BCUT2D eigenvalue weighted by molar-refractivity contribution is -0.167. The highest BCUT2D eigenvalue weighted by Crippen LogP contribution is 2.29. The second kappa shape index (κ2) is 4.70. The fourth-order valence-electron chi connectivity index (χ4n) is 0.840. The fourth-order valence-corrected chi connectivity index (χ4v) is 2.07. The molecular weight excluding hydrogens is 362 g/mol. The van der Waals surface area contributed by atoms with Crippen molar-refractivity contribution in [2.75, 3.05) is 5.32 Å². The van der Waals surface area contributed by atoms with Crippen LogP contribution < -0.4 is 5.32 Å². The molecule has 1 N–H and O–H groups in total. The van der Waals surface area contributed by atoms with Crippen molar-refractivity contribution in [3.63, 3.8) is 0 Å². The SMILES string of the molecule is O=C(Nc1cc(Br)cc(Br)c1F)C(F)(F)F. The van der Waals surface area contributed by atoms with Gasteiger partial charge in [-0.1, -0.05) is 15.9 Å². The lowest BCUT2D eigenvalue weighted by Crippen LogP contribution is -2.30. The number of carbonyl (C=O) groups excluding carboxylic acids is 1. The normalized spacial score (nSPS) is 11.4. The van der Waals surface area contributed by atoms with Crippen molar-refractivity contribution in [2.24, 2.45) is 0 Å². The molecule has 0 fully saturated rings. The minimum Gasteiger partial charge on any atom is -0.316 e. The minimum atomic E-state index is -5.05. The topological polar surface area (TPSA) is 29.1 Å². The average molecular weight is 365 g/mol. The molecule has 0 heterocycles. The molecule has 0 atom stereocenters. The molecule has 0 aromatic heterocycles. The number of carbonyl (C=O) groups is 1. The van der Waals surface area contributed by atoms with Crippen molar-refractivity contribution in [1.82, 2.24) is 0 Å². The molecule has 0 saturated heterocycles. The molecule has 2 nitrogen and oxygen atoms in total. The summed E-state index contributed by atoms with van der Waals surface area (Å²) in [7, 11) is 0. The molecule has 0 aliphatic rings. The van der Waals surface area contributed by atoms with Crippen molar-refractivity contribution in [3.8, 4) is 0 Å². The number of hydrogen-bond donors (Lipinski definition) is 1. The molecule has 0 radical (unpaired) electrons. The summed E-state index contributed by atoms with van der Waals surface area (Å²) in [5.41, 5.74) is -0.552. The van der Waals surface area contributed by atoms with E-state index >= 15 is 0 Å². The summed E-state index contributed by atoms with van der Waals surface area (Å²) in [4.78, 5) is 10.6. The van der Waals surface area contributed by atoms with E-state index in [0.717, 1.165) is 6.07 Å².